The van der Waals surface area contributed by atoms with E-state index in [1.807, 2.05) is 11.4 Å². The molecule has 0 atom stereocenters. The maximum absolute atomic E-state index is 11.9. The zero-order chi connectivity index (χ0) is 16.5. The van der Waals surface area contributed by atoms with Gasteiger partial charge in [0.1, 0.15) is 5.75 Å². The Hall–Kier alpha value is -3.13. The van der Waals surface area contributed by atoms with Crippen molar-refractivity contribution in [3.05, 3.63) is 47.7 Å². The van der Waals surface area contributed by atoms with Gasteiger partial charge in [-0.3, -0.25) is 14.9 Å². The van der Waals surface area contributed by atoms with Crippen molar-refractivity contribution in [3.8, 4) is 17.0 Å². The second-order valence-electron chi connectivity index (χ2n) is 5.02. The Bertz CT molecular complexity index is 917. The van der Waals surface area contributed by atoms with Gasteiger partial charge in [-0.05, 0) is 30.3 Å². The summed E-state index contributed by atoms with van der Waals surface area (Å²) in [5.74, 6) is 0.302. The molecule has 0 fully saturated rings. The first-order valence-electron chi connectivity index (χ1n) is 7.06. The number of hydrogen-bond acceptors (Lipinski definition) is 6. The monoisotopic (exact) mass is 341 g/mol. The van der Waals surface area contributed by atoms with Crippen molar-refractivity contribution in [3.63, 3.8) is 0 Å². The van der Waals surface area contributed by atoms with Crippen molar-refractivity contribution in [2.24, 2.45) is 0 Å². The predicted octanol–water partition coefficient (Wildman–Crippen LogP) is 2.99. The summed E-state index contributed by atoms with van der Waals surface area (Å²) in [6, 6.07) is 8.65. The highest BCUT2D eigenvalue weighted by molar-refractivity contribution is 7.14. The van der Waals surface area contributed by atoms with Gasteiger partial charge in [0.2, 0.25) is 0 Å². The van der Waals surface area contributed by atoms with Crippen LogP contribution in [0.4, 0.5) is 10.8 Å². The van der Waals surface area contributed by atoms with Crippen molar-refractivity contribution >= 4 is 34.0 Å². The summed E-state index contributed by atoms with van der Waals surface area (Å²) in [6.07, 6.45) is 1.44. The quantitative estimate of drug-likeness (QED) is 0.764. The number of carbonyl (C=O) groups is 2. The first-order valence-corrected chi connectivity index (χ1v) is 7.94. The minimum Gasteiger partial charge on any atom is -0.482 e. The fraction of sp³-hybridized carbons (Fsp3) is 0.0625. The van der Waals surface area contributed by atoms with E-state index in [2.05, 4.69) is 15.6 Å². The average molecular weight is 341 g/mol. The normalized spacial score (nSPS) is 12.9. The van der Waals surface area contributed by atoms with Crippen LogP contribution < -0.4 is 15.4 Å². The standard InChI is InChI=1S/C16H11N3O4S/c20-14-7-23-12-4-3-9(6-10(12)17-14)11-8-24-16(18-11)19-15(21)13-2-1-5-22-13/h1-6,8H,7H2,(H,17,20)(H,18,19,21). The fourth-order valence-electron chi connectivity index (χ4n) is 2.27. The number of anilines is 2. The van der Waals surface area contributed by atoms with Gasteiger partial charge < -0.3 is 14.5 Å². The van der Waals surface area contributed by atoms with Crippen LogP contribution in [0.3, 0.4) is 0 Å². The topological polar surface area (TPSA) is 93.5 Å². The Balaban J connectivity index is 1.55. The number of rotatable bonds is 3. The molecule has 2 aromatic heterocycles. The second kappa shape index (κ2) is 5.82. The molecule has 8 heteroatoms. The van der Waals surface area contributed by atoms with Crippen LogP contribution in [-0.4, -0.2) is 23.4 Å². The van der Waals surface area contributed by atoms with Crippen molar-refractivity contribution in [2.75, 3.05) is 17.2 Å². The molecule has 0 unspecified atom stereocenters. The molecule has 2 N–H and O–H groups in total. The van der Waals surface area contributed by atoms with Crippen LogP contribution in [0.2, 0.25) is 0 Å². The van der Waals surface area contributed by atoms with Crippen LogP contribution in [0.1, 0.15) is 10.6 Å². The van der Waals surface area contributed by atoms with Gasteiger partial charge in [-0.25, -0.2) is 4.98 Å². The van der Waals surface area contributed by atoms with Gasteiger partial charge >= 0.3 is 0 Å². The van der Waals surface area contributed by atoms with E-state index >= 15 is 0 Å². The molecule has 0 aliphatic carbocycles. The fourth-order valence-corrected chi connectivity index (χ4v) is 2.99. The summed E-state index contributed by atoms with van der Waals surface area (Å²) >= 11 is 1.30. The van der Waals surface area contributed by atoms with Crippen LogP contribution in [-0.2, 0) is 4.79 Å². The minimum atomic E-state index is -0.355. The molecule has 7 nitrogen and oxygen atoms in total. The van der Waals surface area contributed by atoms with E-state index in [4.69, 9.17) is 9.15 Å². The third-order valence-corrected chi connectivity index (χ3v) is 4.14. The van der Waals surface area contributed by atoms with E-state index < -0.39 is 0 Å². The van der Waals surface area contributed by atoms with Crippen LogP contribution in [0.5, 0.6) is 5.75 Å². The van der Waals surface area contributed by atoms with Gasteiger partial charge in [0.05, 0.1) is 17.6 Å². The summed E-state index contributed by atoms with van der Waals surface area (Å²) in [7, 11) is 0. The first kappa shape index (κ1) is 14.5. The lowest BCUT2D eigenvalue weighted by Crippen LogP contribution is -2.25. The summed E-state index contributed by atoms with van der Waals surface area (Å²) in [5, 5.41) is 7.73. The third kappa shape index (κ3) is 2.74. The number of hydrogen-bond donors (Lipinski definition) is 2. The lowest BCUT2D eigenvalue weighted by molar-refractivity contribution is -0.118. The molecule has 0 saturated heterocycles. The molecule has 1 aliphatic rings. The summed E-state index contributed by atoms with van der Waals surface area (Å²) in [5.41, 5.74) is 2.12. The number of furan rings is 1. The lowest BCUT2D eigenvalue weighted by Gasteiger charge is -2.18. The SMILES string of the molecule is O=C1COc2ccc(-c3csc(NC(=O)c4ccco4)n3)cc2N1. The largest absolute Gasteiger partial charge is 0.482 e. The highest BCUT2D eigenvalue weighted by atomic mass is 32.1. The Kier molecular flexibility index (Phi) is 3.51. The minimum absolute atomic E-state index is 0.0198. The van der Waals surface area contributed by atoms with E-state index in [1.54, 1.807) is 24.3 Å². The van der Waals surface area contributed by atoms with Gasteiger partial charge in [0, 0.05) is 10.9 Å². The van der Waals surface area contributed by atoms with Crippen molar-refractivity contribution in [2.45, 2.75) is 0 Å². The Morgan fingerprint density at radius 1 is 1.33 bits per heavy atom. The van der Waals surface area contributed by atoms with Crippen molar-refractivity contribution in [1.82, 2.24) is 4.98 Å². The molecule has 0 radical (unpaired) electrons. The number of amides is 2. The van der Waals surface area contributed by atoms with Gasteiger partial charge in [-0.15, -0.1) is 11.3 Å². The van der Waals surface area contributed by atoms with Crippen LogP contribution in [0.15, 0.2) is 46.4 Å². The number of fused-ring (bicyclic) bond motifs is 1. The van der Waals surface area contributed by atoms with Crippen LogP contribution in [0, 0.1) is 0 Å². The Morgan fingerprint density at radius 3 is 3.08 bits per heavy atom. The van der Waals surface area contributed by atoms with E-state index in [0.29, 0.717) is 22.3 Å². The van der Waals surface area contributed by atoms with Gasteiger partial charge in [0.25, 0.3) is 11.8 Å². The van der Waals surface area contributed by atoms with Crippen LogP contribution >= 0.6 is 11.3 Å². The smallest absolute Gasteiger partial charge is 0.293 e. The molecule has 2 amide bonds. The highest BCUT2D eigenvalue weighted by Gasteiger charge is 2.17. The number of nitrogens with one attached hydrogen (secondary N) is 2. The van der Waals surface area contributed by atoms with E-state index in [0.717, 1.165) is 5.56 Å². The average Bonchev–Trinajstić information content (AvgIpc) is 3.26. The molecule has 24 heavy (non-hydrogen) atoms. The van der Waals surface area contributed by atoms with Crippen molar-refractivity contribution < 1.29 is 18.7 Å². The molecule has 1 aromatic carbocycles. The number of ether oxygens (including phenoxy) is 1. The summed E-state index contributed by atoms with van der Waals surface area (Å²) in [6.45, 7) is 0.0198. The first-order chi connectivity index (χ1) is 11.7. The zero-order valence-corrected chi connectivity index (χ0v) is 13.1. The number of carbonyl (C=O) groups excluding carboxylic acids is 2. The molecule has 3 heterocycles. The van der Waals surface area contributed by atoms with Crippen LogP contribution in [0.25, 0.3) is 11.3 Å². The number of thiazole rings is 1. The molecule has 120 valence electrons. The lowest BCUT2D eigenvalue weighted by atomic mass is 10.1. The molecule has 0 saturated carbocycles. The van der Waals surface area contributed by atoms with Gasteiger partial charge in [-0.1, -0.05) is 0 Å². The maximum Gasteiger partial charge on any atom is 0.293 e. The number of aromatic nitrogens is 1. The third-order valence-electron chi connectivity index (χ3n) is 3.38. The summed E-state index contributed by atoms with van der Waals surface area (Å²) in [4.78, 5) is 27.7. The van der Waals surface area contributed by atoms with E-state index in [1.165, 1.54) is 17.6 Å². The Labute approximate surface area is 140 Å². The second-order valence-corrected chi connectivity index (χ2v) is 5.88. The highest BCUT2D eigenvalue weighted by Crippen LogP contribution is 2.33. The molecule has 1 aliphatic heterocycles. The van der Waals surface area contributed by atoms with E-state index in [-0.39, 0.29) is 24.2 Å². The van der Waals surface area contributed by atoms with Gasteiger partial charge in [-0.2, -0.15) is 0 Å². The maximum atomic E-state index is 11.9. The number of nitrogens with zero attached hydrogens (tertiary/aromatic N) is 1. The summed E-state index contributed by atoms with van der Waals surface area (Å²) < 4.78 is 10.4. The molecule has 3 aromatic rings. The molecular formula is C16H11N3O4S. The molecule has 0 spiro atoms. The van der Waals surface area contributed by atoms with Crippen molar-refractivity contribution in [1.29, 1.82) is 0 Å². The predicted molar refractivity (Wildman–Crippen MR) is 88.3 cm³/mol. The number of benzene rings is 1. The molecule has 4 rings (SSSR count). The molecule has 0 bridgehead atoms. The molecular weight excluding hydrogens is 330 g/mol. The zero-order valence-electron chi connectivity index (χ0n) is 12.2. The van der Waals surface area contributed by atoms with E-state index in [9.17, 15) is 9.59 Å². The Morgan fingerprint density at radius 2 is 2.25 bits per heavy atom. The van der Waals surface area contributed by atoms with Gasteiger partial charge in [0.15, 0.2) is 17.5 Å².